The van der Waals surface area contributed by atoms with Crippen molar-refractivity contribution in [2.45, 2.75) is 25.8 Å². The van der Waals surface area contributed by atoms with Crippen molar-refractivity contribution in [3.05, 3.63) is 36.0 Å². The van der Waals surface area contributed by atoms with Crippen LogP contribution in [-0.4, -0.2) is 23.6 Å². The summed E-state index contributed by atoms with van der Waals surface area (Å²) in [5.74, 6) is -0.331. The summed E-state index contributed by atoms with van der Waals surface area (Å²) < 4.78 is 5.04. The van der Waals surface area contributed by atoms with Crippen LogP contribution in [0.4, 0.5) is 0 Å². The summed E-state index contributed by atoms with van der Waals surface area (Å²) >= 11 is 0. The van der Waals surface area contributed by atoms with Gasteiger partial charge in [0.15, 0.2) is 0 Å². The third kappa shape index (κ3) is 2.71. The molecule has 0 bridgehead atoms. The second-order valence-corrected chi connectivity index (χ2v) is 4.34. The molecule has 0 saturated heterocycles. The summed E-state index contributed by atoms with van der Waals surface area (Å²) in [5.41, 5.74) is 7.96. The number of esters is 1. The van der Waals surface area contributed by atoms with E-state index in [4.69, 9.17) is 10.5 Å². The quantitative estimate of drug-likeness (QED) is 0.793. The van der Waals surface area contributed by atoms with Crippen molar-refractivity contribution in [3.63, 3.8) is 0 Å². The number of carbonyl (C=O) groups excluding carboxylic acids is 1. The monoisotopic (exact) mass is 246 g/mol. The van der Waals surface area contributed by atoms with Gasteiger partial charge in [-0.15, -0.1) is 0 Å². The predicted octanol–water partition coefficient (Wildman–Crippen LogP) is 1.99. The highest BCUT2D eigenvalue weighted by Gasteiger charge is 2.17. The van der Waals surface area contributed by atoms with E-state index in [9.17, 15) is 4.79 Å². The molecule has 0 radical (unpaired) electrons. The normalized spacial score (nSPS) is 12.6. The largest absolute Gasteiger partial charge is 0.465 e. The Bertz CT molecular complexity index is 533. The van der Waals surface area contributed by atoms with E-state index in [-0.39, 0.29) is 5.97 Å². The van der Waals surface area contributed by atoms with Crippen LogP contribution >= 0.6 is 0 Å². The number of nitrogens with one attached hydrogen (secondary N) is 1. The molecule has 4 nitrogen and oxygen atoms in total. The van der Waals surface area contributed by atoms with Crippen molar-refractivity contribution < 1.29 is 9.53 Å². The molecule has 1 atom stereocenters. The van der Waals surface area contributed by atoms with E-state index in [1.54, 1.807) is 0 Å². The summed E-state index contributed by atoms with van der Waals surface area (Å²) in [6.07, 6.45) is 3.20. The molecule has 0 amide bonds. The highest BCUT2D eigenvalue weighted by Crippen LogP contribution is 2.18. The number of aromatic nitrogens is 1. The van der Waals surface area contributed by atoms with Crippen LogP contribution < -0.4 is 5.73 Å². The Kier molecular flexibility index (Phi) is 3.99. The van der Waals surface area contributed by atoms with Gasteiger partial charge in [-0.3, -0.25) is 4.79 Å². The molecule has 0 aliphatic rings. The minimum Gasteiger partial charge on any atom is -0.465 e. The van der Waals surface area contributed by atoms with Gasteiger partial charge in [-0.2, -0.15) is 0 Å². The fourth-order valence-electron chi connectivity index (χ4n) is 1.93. The molecular formula is C14H18N2O2. The van der Waals surface area contributed by atoms with Gasteiger partial charge in [0.2, 0.25) is 0 Å². The van der Waals surface area contributed by atoms with Gasteiger partial charge in [0, 0.05) is 23.5 Å². The zero-order valence-corrected chi connectivity index (χ0v) is 10.5. The average Bonchev–Trinajstić information content (AvgIpc) is 2.79. The van der Waals surface area contributed by atoms with Gasteiger partial charge in [0.05, 0.1) is 6.61 Å². The molecule has 0 spiro atoms. The summed E-state index contributed by atoms with van der Waals surface area (Å²) in [5, 5.41) is 1.11. The molecule has 4 heteroatoms. The van der Waals surface area contributed by atoms with E-state index in [1.165, 1.54) is 0 Å². The van der Waals surface area contributed by atoms with Crippen molar-refractivity contribution in [2.75, 3.05) is 6.61 Å². The molecule has 96 valence electrons. The standard InChI is InChI=1S/C14H18N2O2/c1-2-7-18-14(17)12(15)8-10-9-16-13-6-4-3-5-11(10)13/h3-6,9,12,16H,2,7-8,15H2,1H3/t12-/m0/s1. The van der Waals surface area contributed by atoms with E-state index in [0.717, 1.165) is 22.9 Å². The Morgan fingerprint density at radius 3 is 3.00 bits per heavy atom. The molecule has 18 heavy (non-hydrogen) atoms. The number of benzene rings is 1. The van der Waals surface area contributed by atoms with Crippen LogP contribution in [0.3, 0.4) is 0 Å². The fourth-order valence-corrected chi connectivity index (χ4v) is 1.93. The first-order valence-electron chi connectivity index (χ1n) is 6.19. The number of hydrogen-bond acceptors (Lipinski definition) is 3. The molecule has 1 heterocycles. The predicted molar refractivity (Wildman–Crippen MR) is 71.2 cm³/mol. The topological polar surface area (TPSA) is 68.1 Å². The molecule has 3 N–H and O–H groups in total. The minimum atomic E-state index is -0.601. The van der Waals surface area contributed by atoms with Crippen LogP contribution in [0.15, 0.2) is 30.5 Å². The van der Waals surface area contributed by atoms with Crippen molar-refractivity contribution >= 4 is 16.9 Å². The first-order valence-corrected chi connectivity index (χ1v) is 6.19. The van der Waals surface area contributed by atoms with Crippen molar-refractivity contribution in [1.82, 2.24) is 4.98 Å². The van der Waals surface area contributed by atoms with E-state index in [0.29, 0.717) is 13.0 Å². The van der Waals surface area contributed by atoms with Gasteiger partial charge >= 0.3 is 5.97 Å². The summed E-state index contributed by atoms with van der Waals surface area (Å²) in [6, 6.07) is 7.36. The number of nitrogens with two attached hydrogens (primary N) is 1. The Hall–Kier alpha value is -1.81. The third-order valence-corrected chi connectivity index (χ3v) is 2.87. The van der Waals surface area contributed by atoms with Crippen LogP contribution in [-0.2, 0) is 16.0 Å². The van der Waals surface area contributed by atoms with Gasteiger partial charge in [-0.1, -0.05) is 25.1 Å². The fraction of sp³-hybridized carbons (Fsp3) is 0.357. The van der Waals surface area contributed by atoms with Gasteiger partial charge < -0.3 is 15.5 Å². The minimum absolute atomic E-state index is 0.331. The summed E-state index contributed by atoms with van der Waals surface area (Å²) in [6.45, 7) is 2.39. The Morgan fingerprint density at radius 2 is 2.22 bits per heavy atom. The van der Waals surface area contributed by atoms with E-state index >= 15 is 0 Å². The number of fused-ring (bicyclic) bond motifs is 1. The molecule has 2 rings (SSSR count). The summed E-state index contributed by atoms with van der Waals surface area (Å²) in [4.78, 5) is 14.8. The molecular weight excluding hydrogens is 228 g/mol. The zero-order chi connectivity index (χ0) is 13.0. The molecule has 2 aromatic rings. The van der Waals surface area contributed by atoms with Gasteiger partial charge in [0.25, 0.3) is 0 Å². The van der Waals surface area contributed by atoms with Gasteiger partial charge in [-0.25, -0.2) is 0 Å². The Balaban J connectivity index is 2.07. The highest BCUT2D eigenvalue weighted by atomic mass is 16.5. The van der Waals surface area contributed by atoms with Crippen molar-refractivity contribution in [1.29, 1.82) is 0 Å². The molecule has 0 fully saturated rings. The maximum atomic E-state index is 11.6. The molecule has 0 aliphatic heterocycles. The van der Waals surface area contributed by atoms with Crippen LogP contribution in [0, 0.1) is 0 Å². The average molecular weight is 246 g/mol. The molecule has 1 aromatic carbocycles. The lowest BCUT2D eigenvalue weighted by Gasteiger charge is -2.10. The lowest BCUT2D eigenvalue weighted by molar-refractivity contribution is -0.145. The van der Waals surface area contributed by atoms with E-state index in [1.807, 2.05) is 37.4 Å². The highest BCUT2D eigenvalue weighted by molar-refractivity contribution is 5.84. The molecule has 0 aliphatic carbocycles. The second-order valence-electron chi connectivity index (χ2n) is 4.34. The number of para-hydroxylation sites is 1. The van der Waals surface area contributed by atoms with E-state index in [2.05, 4.69) is 4.98 Å². The van der Waals surface area contributed by atoms with Crippen molar-refractivity contribution in [2.24, 2.45) is 5.73 Å². The smallest absolute Gasteiger partial charge is 0.323 e. The first-order chi connectivity index (χ1) is 8.72. The maximum Gasteiger partial charge on any atom is 0.323 e. The zero-order valence-electron chi connectivity index (χ0n) is 10.5. The number of rotatable bonds is 5. The Morgan fingerprint density at radius 1 is 1.44 bits per heavy atom. The van der Waals surface area contributed by atoms with Gasteiger partial charge in [-0.05, 0) is 18.1 Å². The number of carbonyl (C=O) groups is 1. The number of ether oxygens (including phenoxy) is 1. The van der Waals surface area contributed by atoms with Crippen LogP contribution in [0.2, 0.25) is 0 Å². The van der Waals surface area contributed by atoms with Crippen LogP contribution in [0.1, 0.15) is 18.9 Å². The number of aromatic amines is 1. The third-order valence-electron chi connectivity index (χ3n) is 2.87. The Labute approximate surface area is 106 Å². The van der Waals surface area contributed by atoms with Crippen LogP contribution in [0.25, 0.3) is 10.9 Å². The molecule has 1 aromatic heterocycles. The summed E-state index contributed by atoms with van der Waals surface area (Å²) in [7, 11) is 0. The molecule has 0 unspecified atom stereocenters. The van der Waals surface area contributed by atoms with Gasteiger partial charge in [0.1, 0.15) is 6.04 Å². The van der Waals surface area contributed by atoms with E-state index < -0.39 is 6.04 Å². The first kappa shape index (κ1) is 12.6. The van der Waals surface area contributed by atoms with Crippen molar-refractivity contribution in [3.8, 4) is 0 Å². The number of H-pyrrole nitrogens is 1. The maximum absolute atomic E-state index is 11.6. The second kappa shape index (κ2) is 5.69. The molecule has 0 saturated carbocycles. The number of hydrogen-bond donors (Lipinski definition) is 2. The van der Waals surface area contributed by atoms with Crippen LogP contribution in [0.5, 0.6) is 0 Å². The lowest BCUT2D eigenvalue weighted by Crippen LogP contribution is -2.34. The lowest BCUT2D eigenvalue weighted by atomic mass is 10.1. The SMILES string of the molecule is CCCOC(=O)[C@@H](N)Cc1c[nH]c2ccccc12.